The lowest BCUT2D eigenvalue weighted by atomic mass is 9.95. The third-order valence-corrected chi connectivity index (χ3v) is 4.20. The van der Waals surface area contributed by atoms with Crippen molar-refractivity contribution in [2.45, 2.75) is 82.9 Å². The zero-order valence-electron chi connectivity index (χ0n) is 13.6. The Morgan fingerprint density at radius 2 is 1.81 bits per heavy atom. The maximum Gasteiger partial charge on any atom is 0.0718 e. The summed E-state index contributed by atoms with van der Waals surface area (Å²) in [5.74, 6) is 0. The summed E-state index contributed by atoms with van der Waals surface area (Å²) in [6.07, 6.45) is 19.3. The van der Waals surface area contributed by atoms with Crippen molar-refractivity contribution < 1.29 is 5.11 Å². The monoisotopic (exact) mass is 294 g/mol. The molecule has 3 atom stereocenters. The summed E-state index contributed by atoms with van der Waals surface area (Å²) in [6.45, 7) is 2.98. The first-order valence-corrected chi connectivity index (χ1v) is 8.72. The molecule has 1 fully saturated rings. The highest BCUT2D eigenvalue weighted by Gasteiger charge is 2.25. The number of hydrogen-bond donors (Lipinski definition) is 3. The molecule has 0 spiro atoms. The van der Waals surface area contributed by atoms with Crippen LogP contribution in [0.2, 0.25) is 0 Å². The van der Waals surface area contributed by atoms with Gasteiger partial charge in [-0.05, 0) is 32.1 Å². The number of allylic oxidation sites excluding steroid dienone is 4. The molecule has 122 valence electrons. The molecule has 4 N–H and O–H groups in total. The van der Waals surface area contributed by atoms with Crippen molar-refractivity contribution in [1.29, 1.82) is 0 Å². The smallest absolute Gasteiger partial charge is 0.0718 e. The molecule has 21 heavy (non-hydrogen) atoms. The van der Waals surface area contributed by atoms with E-state index >= 15 is 0 Å². The number of aliphatic hydroxyl groups is 1. The van der Waals surface area contributed by atoms with Gasteiger partial charge in [0.05, 0.1) is 6.10 Å². The molecule has 0 saturated carbocycles. The van der Waals surface area contributed by atoms with E-state index in [-0.39, 0.29) is 12.1 Å². The molecule has 1 heterocycles. The van der Waals surface area contributed by atoms with E-state index in [1.807, 2.05) is 0 Å². The fourth-order valence-corrected chi connectivity index (χ4v) is 2.72. The van der Waals surface area contributed by atoms with Crippen LogP contribution >= 0.6 is 0 Å². The molecule has 1 rings (SSSR count). The van der Waals surface area contributed by atoms with Crippen LogP contribution in [0.15, 0.2) is 24.3 Å². The molecule has 3 heteroatoms. The predicted molar refractivity (Wildman–Crippen MR) is 91.3 cm³/mol. The molecule has 1 saturated heterocycles. The Labute approximate surface area is 130 Å². The molecular formula is C18H34N2O. The Balaban J connectivity index is 1.97. The van der Waals surface area contributed by atoms with E-state index in [1.54, 1.807) is 0 Å². The number of rotatable bonds is 10. The highest BCUT2D eigenvalue weighted by molar-refractivity contribution is 5.02. The molecule has 0 bridgehead atoms. The first kappa shape index (κ1) is 18.4. The van der Waals surface area contributed by atoms with Gasteiger partial charge in [0.25, 0.3) is 0 Å². The van der Waals surface area contributed by atoms with Crippen LogP contribution in [0.3, 0.4) is 0 Å². The van der Waals surface area contributed by atoms with Crippen LogP contribution in [0.5, 0.6) is 0 Å². The van der Waals surface area contributed by atoms with Gasteiger partial charge in [-0.3, -0.25) is 0 Å². The van der Waals surface area contributed by atoms with Crippen LogP contribution in [-0.2, 0) is 0 Å². The topological polar surface area (TPSA) is 58.3 Å². The quantitative estimate of drug-likeness (QED) is 0.428. The summed E-state index contributed by atoms with van der Waals surface area (Å²) in [6, 6.07) is 0.309. The van der Waals surface area contributed by atoms with E-state index in [0.717, 1.165) is 25.8 Å². The molecule has 0 radical (unpaired) electrons. The highest BCUT2D eigenvalue weighted by atomic mass is 16.3. The van der Waals surface area contributed by atoms with Crippen LogP contribution < -0.4 is 11.1 Å². The maximum atomic E-state index is 9.73. The fourth-order valence-electron chi connectivity index (χ4n) is 2.72. The number of unbranched alkanes of at least 4 members (excludes halogenated alkanes) is 5. The third kappa shape index (κ3) is 9.07. The maximum absolute atomic E-state index is 9.73. The summed E-state index contributed by atoms with van der Waals surface area (Å²) in [5.41, 5.74) is 5.77. The van der Waals surface area contributed by atoms with Gasteiger partial charge < -0.3 is 16.2 Å². The molecule has 3 nitrogen and oxygen atoms in total. The zero-order valence-corrected chi connectivity index (χ0v) is 13.6. The summed E-state index contributed by atoms with van der Waals surface area (Å²) < 4.78 is 0. The van der Waals surface area contributed by atoms with E-state index < -0.39 is 0 Å². The van der Waals surface area contributed by atoms with Crippen LogP contribution in [0.1, 0.15) is 64.7 Å². The molecule has 0 aromatic rings. The minimum atomic E-state index is -0.340. The lowest BCUT2D eigenvalue weighted by Gasteiger charge is -2.31. The normalized spacial score (nSPS) is 26.9. The Bertz CT molecular complexity index is 302. The van der Waals surface area contributed by atoms with Gasteiger partial charge in [-0.1, -0.05) is 56.9 Å². The number of nitrogens with two attached hydrogens (primary N) is 1. The van der Waals surface area contributed by atoms with Crippen molar-refractivity contribution in [3.8, 4) is 0 Å². The Morgan fingerprint density at radius 1 is 1.10 bits per heavy atom. The van der Waals surface area contributed by atoms with Crippen molar-refractivity contribution in [3.05, 3.63) is 24.3 Å². The van der Waals surface area contributed by atoms with Crippen LogP contribution in [0.4, 0.5) is 0 Å². The van der Waals surface area contributed by atoms with Crippen molar-refractivity contribution in [2.24, 2.45) is 5.73 Å². The van der Waals surface area contributed by atoms with Crippen molar-refractivity contribution in [1.82, 2.24) is 5.32 Å². The van der Waals surface area contributed by atoms with Gasteiger partial charge in [0, 0.05) is 18.6 Å². The van der Waals surface area contributed by atoms with Gasteiger partial charge in [0.1, 0.15) is 0 Å². The van der Waals surface area contributed by atoms with E-state index in [1.165, 1.54) is 38.5 Å². The van der Waals surface area contributed by atoms with Gasteiger partial charge >= 0.3 is 0 Å². The lowest BCUT2D eigenvalue weighted by Crippen LogP contribution is -2.53. The van der Waals surface area contributed by atoms with Crippen molar-refractivity contribution in [3.63, 3.8) is 0 Å². The standard InChI is InChI=1S/C18H34N2O/c1-2-3-4-5-6-7-8-9-10-11-12-13-16-14-18(21)17(19)15-20-16/h8-11,16-18,20-21H,2-7,12-15,19H2,1H3/b9-8-,11-10+/t16-,17+,18-/m1/s1. The predicted octanol–water partition coefficient (Wildman–Crippen LogP) is 3.29. The average molecular weight is 294 g/mol. The van der Waals surface area contributed by atoms with Crippen molar-refractivity contribution >= 4 is 0 Å². The van der Waals surface area contributed by atoms with E-state index in [9.17, 15) is 5.11 Å². The SMILES string of the molecule is CCCCCCC/C=C\C=C\CC[C@@H]1C[C@@H](O)[C@@H](N)CN1. The number of aliphatic hydroxyl groups excluding tert-OH is 1. The molecule has 1 aliphatic rings. The Morgan fingerprint density at radius 3 is 2.52 bits per heavy atom. The van der Waals surface area contributed by atoms with Gasteiger partial charge in [0.2, 0.25) is 0 Å². The second-order valence-electron chi connectivity index (χ2n) is 6.21. The summed E-state index contributed by atoms with van der Waals surface area (Å²) in [4.78, 5) is 0. The third-order valence-electron chi connectivity index (χ3n) is 4.20. The first-order valence-electron chi connectivity index (χ1n) is 8.72. The number of nitrogens with one attached hydrogen (secondary N) is 1. The molecule has 0 unspecified atom stereocenters. The minimum Gasteiger partial charge on any atom is -0.391 e. The van der Waals surface area contributed by atoms with Gasteiger partial charge in [-0.15, -0.1) is 0 Å². The fraction of sp³-hybridized carbons (Fsp3) is 0.778. The molecule has 1 aliphatic heterocycles. The van der Waals surface area contributed by atoms with E-state index in [0.29, 0.717) is 6.04 Å². The minimum absolute atomic E-state index is 0.1000. The lowest BCUT2D eigenvalue weighted by molar-refractivity contribution is 0.0945. The Hall–Kier alpha value is -0.640. The summed E-state index contributed by atoms with van der Waals surface area (Å²) in [5, 5.41) is 13.1. The second-order valence-corrected chi connectivity index (χ2v) is 6.21. The molecule has 0 amide bonds. The van der Waals surface area contributed by atoms with Gasteiger partial charge in [-0.2, -0.15) is 0 Å². The second kappa shape index (κ2) is 12.0. The zero-order chi connectivity index (χ0) is 15.3. The molecular weight excluding hydrogens is 260 g/mol. The van der Waals surface area contributed by atoms with Crippen LogP contribution in [0, 0.1) is 0 Å². The van der Waals surface area contributed by atoms with Crippen molar-refractivity contribution in [2.75, 3.05) is 6.54 Å². The summed E-state index contributed by atoms with van der Waals surface area (Å²) >= 11 is 0. The molecule has 0 aliphatic carbocycles. The number of hydrogen-bond acceptors (Lipinski definition) is 3. The molecule has 0 aromatic carbocycles. The Kier molecular flexibility index (Phi) is 10.5. The summed E-state index contributed by atoms with van der Waals surface area (Å²) in [7, 11) is 0. The molecule has 0 aromatic heterocycles. The van der Waals surface area contributed by atoms with Gasteiger partial charge in [-0.25, -0.2) is 0 Å². The average Bonchev–Trinajstić information content (AvgIpc) is 2.48. The van der Waals surface area contributed by atoms with E-state index in [4.69, 9.17) is 5.73 Å². The van der Waals surface area contributed by atoms with Crippen LogP contribution in [-0.4, -0.2) is 29.8 Å². The number of piperidine rings is 1. The first-order chi connectivity index (χ1) is 10.2. The van der Waals surface area contributed by atoms with Crippen LogP contribution in [0.25, 0.3) is 0 Å². The van der Waals surface area contributed by atoms with E-state index in [2.05, 4.69) is 36.5 Å². The highest BCUT2D eigenvalue weighted by Crippen LogP contribution is 2.12. The van der Waals surface area contributed by atoms with Gasteiger partial charge in [0.15, 0.2) is 0 Å². The largest absolute Gasteiger partial charge is 0.391 e.